The van der Waals surface area contributed by atoms with Gasteiger partial charge >= 0.3 is 5.97 Å². The maximum atomic E-state index is 10.8. The smallest absolute Gasteiger partial charge is 0.303 e. The molecular weight excluding hydrogens is 302 g/mol. The van der Waals surface area contributed by atoms with Crippen LogP contribution in [0.5, 0.6) is 0 Å². The molecule has 24 heavy (non-hydrogen) atoms. The van der Waals surface area contributed by atoms with Crippen LogP contribution in [0, 0.1) is 6.92 Å². The van der Waals surface area contributed by atoms with Crippen LogP contribution < -0.4 is 0 Å². The van der Waals surface area contributed by atoms with Crippen LogP contribution in [-0.4, -0.2) is 32.5 Å². The van der Waals surface area contributed by atoms with E-state index in [1.807, 2.05) is 25.4 Å². The van der Waals surface area contributed by atoms with Gasteiger partial charge in [0.1, 0.15) is 0 Å². The molecule has 0 aliphatic carbocycles. The number of carbonyl (C=O) groups is 1. The zero-order valence-electron chi connectivity index (χ0n) is 14.0. The average Bonchev–Trinajstić information content (AvgIpc) is 3.01. The van der Waals surface area contributed by atoms with Crippen LogP contribution in [0.2, 0.25) is 0 Å². The van der Waals surface area contributed by atoms with Crippen LogP contribution in [0.1, 0.15) is 47.8 Å². The van der Waals surface area contributed by atoms with Crippen molar-refractivity contribution in [3.63, 3.8) is 0 Å². The molecule has 0 bridgehead atoms. The maximum absolute atomic E-state index is 10.8. The molecule has 1 fully saturated rings. The van der Waals surface area contributed by atoms with Crippen molar-refractivity contribution in [2.45, 2.75) is 45.2 Å². The quantitative estimate of drug-likeness (QED) is 0.884. The number of hydrogen-bond donors (Lipinski definition) is 1. The van der Waals surface area contributed by atoms with Crippen molar-refractivity contribution in [1.29, 1.82) is 0 Å². The van der Waals surface area contributed by atoms with E-state index in [-0.39, 0.29) is 6.42 Å². The average molecular weight is 325 g/mol. The number of aromatic nitrogens is 2. The van der Waals surface area contributed by atoms with Gasteiger partial charge in [-0.3, -0.25) is 19.7 Å². The Bertz CT molecular complexity index is 703. The maximum Gasteiger partial charge on any atom is 0.303 e. The predicted octanol–water partition coefficient (Wildman–Crippen LogP) is 3.14. The molecule has 1 unspecified atom stereocenters. The molecule has 126 valence electrons. The van der Waals surface area contributed by atoms with Crippen LogP contribution in [-0.2, 0) is 17.8 Å². The van der Waals surface area contributed by atoms with Crippen LogP contribution in [0.3, 0.4) is 0 Å². The number of carboxylic acids is 1. The number of aliphatic carboxylic acids is 1. The molecule has 0 spiro atoms. The summed E-state index contributed by atoms with van der Waals surface area (Å²) >= 11 is 0. The van der Waals surface area contributed by atoms with Gasteiger partial charge < -0.3 is 5.11 Å². The molecule has 0 amide bonds. The monoisotopic (exact) mass is 325 g/mol. The fraction of sp³-hybridized carbons (Fsp3) is 0.421. The number of likely N-dealkylation sites (tertiary alicyclic amines) is 1. The molecule has 1 saturated heterocycles. The van der Waals surface area contributed by atoms with Crippen LogP contribution in [0.15, 0.2) is 36.7 Å². The van der Waals surface area contributed by atoms with Crippen molar-refractivity contribution in [2.24, 2.45) is 0 Å². The van der Waals surface area contributed by atoms with Crippen molar-refractivity contribution in [1.82, 2.24) is 14.9 Å². The van der Waals surface area contributed by atoms with Gasteiger partial charge in [0.25, 0.3) is 0 Å². The molecule has 2 aromatic rings. The van der Waals surface area contributed by atoms with Gasteiger partial charge in [-0.1, -0.05) is 0 Å². The minimum atomic E-state index is -0.758. The lowest BCUT2D eigenvalue weighted by Gasteiger charge is -2.24. The highest BCUT2D eigenvalue weighted by Crippen LogP contribution is 2.32. The minimum absolute atomic E-state index is 0.161. The van der Waals surface area contributed by atoms with Gasteiger partial charge in [-0.2, -0.15) is 0 Å². The zero-order chi connectivity index (χ0) is 16.9. The van der Waals surface area contributed by atoms with Gasteiger partial charge in [-0.05, 0) is 68.1 Å². The fourth-order valence-corrected chi connectivity index (χ4v) is 3.41. The Morgan fingerprint density at radius 1 is 1.29 bits per heavy atom. The van der Waals surface area contributed by atoms with Crippen molar-refractivity contribution in [2.75, 3.05) is 6.54 Å². The second-order valence-corrected chi connectivity index (χ2v) is 6.42. The van der Waals surface area contributed by atoms with E-state index < -0.39 is 5.97 Å². The third-order valence-electron chi connectivity index (χ3n) is 4.50. The van der Waals surface area contributed by atoms with Crippen LogP contribution in [0.25, 0.3) is 0 Å². The SMILES string of the molecule is Cc1cc(CCC(=O)O)cc(C2CCCN2Cc2ccncc2)n1. The normalized spacial score (nSPS) is 18.0. The summed E-state index contributed by atoms with van der Waals surface area (Å²) in [6.07, 6.45) is 6.64. The summed E-state index contributed by atoms with van der Waals surface area (Å²) in [4.78, 5) is 22.1. The second-order valence-electron chi connectivity index (χ2n) is 6.42. The molecule has 0 radical (unpaired) electrons. The first kappa shape index (κ1) is 16.6. The third kappa shape index (κ3) is 4.17. The van der Waals surface area contributed by atoms with Gasteiger partial charge in [0.2, 0.25) is 0 Å². The molecule has 1 N–H and O–H groups in total. The van der Waals surface area contributed by atoms with E-state index in [9.17, 15) is 4.79 Å². The minimum Gasteiger partial charge on any atom is -0.481 e. The number of aryl methyl sites for hydroxylation is 2. The van der Waals surface area contributed by atoms with Crippen LogP contribution in [0.4, 0.5) is 0 Å². The molecule has 1 atom stereocenters. The molecule has 1 aliphatic rings. The van der Waals surface area contributed by atoms with E-state index in [1.54, 1.807) is 0 Å². The summed E-state index contributed by atoms with van der Waals surface area (Å²) < 4.78 is 0. The van der Waals surface area contributed by atoms with Crippen molar-refractivity contribution < 1.29 is 9.90 Å². The van der Waals surface area contributed by atoms with Gasteiger partial charge in [0.05, 0.1) is 11.7 Å². The summed E-state index contributed by atoms with van der Waals surface area (Å²) in [5, 5.41) is 8.90. The molecular formula is C19H23N3O2. The highest BCUT2D eigenvalue weighted by molar-refractivity contribution is 5.67. The molecule has 3 rings (SSSR count). The summed E-state index contributed by atoms with van der Waals surface area (Å²) in [5.74, 6) is -0.758. The van der Waals surface area contributed by atoms with E-state index in [0.29, 0.717) is 12.5 Å². The Kier molecular flexibility index (Phi) is 5.20. The molecule has 5 heteroatoms. The fourth-order valence-electron chi connectivity index (χ4n) is 3.41. The Hall–Kier alpha value is -2.27. The molecule has 3 heterocycles. The molecule has 0 aromatic carbocycles. The largest absolute Gasteiger partial charge is 0.481 e. The van der Waals surface area contributed by atoms with Gasteiger partial charge in [-0.25, -0.2) is 0 Å². The van der Waals surface area contributed by atoms with Gasteiger partial charge in [-0.15, -0.1) is 0 Å². The lowest BCUT2D eigenvalue weighted by atomic mass is 10.0. The summed E-state index contributed by atoms with van der Waals surface area (Å²) in [7, 11) is 0. The van der Waals surface area contributed by atoms with E-state index in [2.05, 4.69) is 28.1 Å². The first-order valence-corrected chi connectivity index (χ1v) is 8.44. The van der Waals surface area contributed by atoms with Crippen molar-refractivity contribution in [3.8, 4) is 0 Å². The lowest BCUT2D eigenvalue weighted by molar-refractivity contribution is -0.136. The number of carboxylic acid groups (broad SMARTS) is 1. The highest BCUT2D eigenvalue weighted by atomic mass is 16.4. The summed E-state index contributed by atoms with van der Waals surface area (Å²) in [5.41, 5.74) is 4.36. The van der Waals surface area contributed by atoms with E-state index in [4.69, 9.17) is 10.1 Å². The Morgan fingerprint density at radius 2 is 2.08 bits per heavy atom. The van der Waals surface area contributed by atoms with Crippen molar-refractivity contribution in [3.05, 3.63) is 59.2 Å². The van der Waals surface area contributed by atoms with Gasteiger partial charge in [0.15, 0.2) is 0 Å². The summed E-state index contributed by atoms with van der Waals surface area (Å²) in [6, 6.07) is 8.50. The van der Waals surface area contributed by atoms with Crippen LogP contribution >= 0.6 is 0 Å². The Morgan fingerprint density at radius 3 is 2.83 bits per heavy atom. The standard InChI is InChI=1S/C19H23N3O2/c1-14-11-16(4-5-19(23)24)12-17(21-14)18-3-2-10-22(18)13-15-6-8-20-9-7-15/h6-9,11-12,18H,2-5,10,13H2,1H3,(H,23,24). The number of nitrogens with zero attached hydrogens (tertiary/aromatic N) is 3. The lowest BCUT2D eigenvalue weighted by Crippen LogP contribution is -2.23. The summed E-state index contributed by atoms with van der Waals surface area (Å²) in [6.45, 7) is 3.94. The molecule has 0 saturated carbocycles. The predicted molar refractivity (Wildman–Crippen MR) is 91.6 cm³/mol. The highest BCUT2D eigenvalue weighted by Gasteiger charge is 2.27. The molecule has 1 aliphatic heterocycles. The van der Waals surface area contributed by atoms with Gasteiger partial charge in [0, 0.05) is 31.1 Å². The third-order valence-corrected chi connectivity index (χ3v) is 4.50. The van der Waals surface area contributed by atoms with Crippen molar-refractivity contribution >= 4 is 5.97 Å². The Labute approximate surface area is 142 Å². The topological polar surface area (TPSA) is 66.3 Å². The number of hydrogen-bond acceptors (Lipinski definition) is 4. The first-order valence-electron chi connectivity index (χ1n) is 8.44. The number of rotatable bonds is 6. The van der Waals surface area contributed by atoms with E-state index in [1.165, 1.54) is 5.56 Å². The Balaban J connectivity index is 1.77. The first-order chi connectivity index (χ1) is 11.6. The number of pyridine rings is 2. The molecule has 2 aromatic heterocycles. The second kappa shape index (κ2) is 7.53. The van der Waals surface area contributed by atoms with E-state index >= 15 is 0 Å². The zero-order valence-corrected chi connectivity index (χ0v) is 14.0. The van der Waals surface area contributed by atoms with E-state index in [0.717, 1.165) is 42.9 Å². The molecule has 5 nitrogen and oxygen atoms in total.